The summed E-state index contributed by atoms with van der Waals surface area (Å²) in [4.78, 5) is 12.0. The Morgan fingerprint density at radius 3 is 3.00 bits per heavy atom. The lowest BCUT2D eigenvalue weighted by Crippen LogP contribution is -2.44. The Morgan fingerprint density at radius 2 is 2.33 bits per heavy atom. The maximum atomic E-state index is 12.0. The summed E-state index contributed by atoms with van der Waals surface area (Å²) in [7, 11) is 0. The van der Waals surface area contributed by atoms with Crippen LogP contribution in [0.5, 0.6) is 0 Å². The van der Waals surface area contributed by atoms with Crippen LogP contribution in [0.25, 0.3) is 0 Å². The molecule has 2 rings (SSSR count). The standard InChI is InChI=1S/C16H24N2O2S/c1-12-4-3-5-14(8-12)18-15(19)9-13(2)17-10-16(20)6-7-21-11-16/h3-5,8,13,17,20H,6-7,9-11H2,1-2H3,(H,18,19). The van der Waals surface area contributed by atoms with Crippen molar-refractivity contribution >= 4 is 23.4 Å². The first-order chi connectivity index (χ1) is 9.97. The van der Waals surface area contributed by atoms with E-state index < -0.39 is 5.60 Å². The van der Waals surface area contributed by atoms with Crippen molar-refractivity contribution in [2.24, 2.45) is 0 Å². The maximum absolute atomic E-state index is 12.0. The SMILES string of the molecule is Cc1cccc(NC(=O)CC(C)NCC2(O)CCSC2)c1. The van der Waals surface area contributed by atoms with Gasteiger partial charge in [-0.15, -0.1) is 0 Å². The summed E-state index contributed by atoms with van der Waals surface area (Å²) in [6.45, 7) is 4.53. The maximum Gasteiger partial charge on any atom is 0.225 e. The highest BCUT2D eigenvalue weighted by Crippen LogP contribution is 2.27. The molecule has 1 aromatic carbocycles. The third-order valence-corrected chi connectivity index (χ3v) is 4.89. The molecule has 1 aromatic rings. The Bertz CT molecular complexity index is 487. The summed E-state index contributed by atoms with van der Waals surface area (Å²) in [5, 5.41) is 16.4. The fraction of sp³-hybridized carbons (Fsp3) is 0.562. The summed E-state index contributed by atoms with van der Waals surface area (Å²) < 4.78 is 0. The number of benzene rings is 1. The number of hydrogen-bond donors (Lipinski definition) is 3. The molecular weight excluding hydrogens is 284 g/mol. The van der Waals surface area contributed by atoms with Crippen molar-refractivity contribution < 1.29 is 9.90 Å². The molecule has 1 aliphatic rings. The number of nitrogens with one attached hydrogen (secondary N) is 2. The lowest BCUT2D eigenvalue weighted by Gasteiger charge is -2.24. The van der Waals surface area contributed by atoms with Gasteiger partial charge in [-0.3, -0.25) is 4.79 Å². The normalized spacial score (nSPS) is 23.0. The second-order valence-electron chi connectivity index (χ2n) is 5.93. The summed E-state index contributed by atoms with van der Waals surface area (Å²) in [5.74, 6) is 1.79. The molecular formula is C16H24N2O2S. The lowest BCUT2D eigenvalue weighted by molar-refractivity contribution is -0.116. The zero-order valence-electron chi connectivity index (χ0n) is 12.7. The van der Waals surface area contributed by atoms with Gasteiger partial charge < -0.3 is 15.7 Å². The van der Waals surface area contributed by atoms with Gasteiger partial charge in [0.15, 0.2) is 0 Å². The Hall–Kier alpha value is -1.04. The van der Waals surface area contributed by atoms with Gasteiger partial charge in [0, 0.05) is 30.4 Å². The van der Waals surface area contributed by atoms with Crippen LogP contribution in [0.4, 0.5) is 5.69 Å². The molecule has 1 fully saturated rings. The third kappa shape index (κ3) is 5.34. The van der Waals surface area contributed by atoms with Gasteiger partial charge in [0.05, 0.1) is 5.60 Å². The van der Waals surface area contributed by atoms with E-state index in [4.69, 9.17) is 0 Å². The van der Waals surface area contributed by atoms with Crippen LogP contribution < -0.4 is 10.6 Å². The molecule has 21 heavy (non-hydrogen) atoms. The molecule has 0 spiro atoms. The van der Waals surface area contributed by atoms with E-state index in [1.54, 1.807) is 11.8 Å². The van der Waals surface area contributed by atoms with E-state index >= 15 is 0 Å². The molecule has 2 unspecified atom stereocenters. The second kappa shape index (κ2) is 7.29. The highest BCUT2D eigenvalue weighted by atomic mass is 32.2. The average molecular weight is 308 g/mol. The minimum Gasteiger partial charge on any atom is -0.388 e. The molecule has 0 aliphatic carbocycles. The van der Waals surface area contributed by atoms with Gasteiger partial charge in [-0.2, -0.15) is 11.8 Å². The topological polar surface area (TPSA) is 61.4 Å². The average Bonchev–Trinajstić information content (AvgIpc) is 2.84. The molecule has 1 aliphatic heterocycles. The van der Waals surface area contributed by atoms with Crippen molar-refractivity contribution in [3.8, 4) is 0 Å². The Labute approximate surface area is 130 Å². The largest absolute Gasteiger partial charge is 0.388 e. The van der Waals surface area contributed by atoms with Gasteiger partial charge >= 0.3 is 0 Å². The number of carbonyl (C=O) groups is 1. The molecule has 1 heterocycles. The molecule has 5 heteroatoms. The Balaban J connectivity index is 1.74. The van der Waals surface area contributed by atoms with Crippen molar-refractivity contribution in [1.82, 2.24) is 5.32 Å². The van der Waals surface area contributed by atoms with Gasteiger partial charge in [-0.05, 0) is 43.7 Å². The van der Waals surface area contributed by atoms with Crippen LogP contribution in [-0.2, 0) is 4.79 Å². The highest BCUT2D eigenvalue weighted by Gasteiger charge is 2.31. The molecule has 4 nitrogen and oxygen atoms in total. The van der Waals surface area contributed by atoms with E-state index in [2.05, 4.69) is 10.6 Å². The van der Waals surface area contributed by atoms with Gasteiger partial charge in [0.1, 0.15) is 0 Å². The van der Waals surface area contributed by atoms with Gasteiger partial charge in [-0.1, -0.05) is 12.1 Å². The van der Waals surface area contributed by atoms with Crippen LogP contribution in [0, 0.1) is 6.92 Å². The monoisotopic (exact) mass is 308 g/mol. The third-order valence-electron chi connectivity index (χ3n) is 3.66. The van der Waals surface area contributed by atoms with Crippen LogP contribution in [0.2, 0.25) is 0 Å². The van der Waals surface area contributed by atoms with E-state index in [-0.39, 0.29) is 11.9 Å². The smallest absolute Gasteiger partial charge is 0.225 e. The van der Waals surface area contributed by atoms with E-state index in [1.807, 2.05) is 38.1 Å². The van der Waals surface area contributed by atoms with Crippen LogP contribution in [0.1, 0.15) is 25.3 Å². The summed E-state index contributed by atoms with van der Waals surface area (Å²) in [6, 6.07) is 7.82. The fourth-order valence-corrected chi connectivity index (χ4v) is 3.68. The second-order valence-corrected chi connectivity index (χ2v) is 7.04. The molecule has 3 N–H and O–H groups in total. The number of thioether (sulfide) groups is 1. The highest BCUT2D eigenvalue weighted by molar-refractivity contribution is 7.99. The van der Waals surface area contributed by atoms with Crippen molar-refractivity contribution in [3.05, 3.63) is 29.8 Å². The first-order valence-electron chi connectivity index (χ1n) is 7.37. The summed E-state index contributed by atoms with van der Waals surface area (Å²) in [6.07, 6.45) is 1.23. The first kappa shape index (κ1) is 16.3. The summed E-state index contributed by atoms with van der Waals surface area (Å²) >= 11 is 1.78. The molecule has 0 bridgehead atoms. The van der Waals surface area contributed by atoms with Crippen molar-refractivity contribution in [1.29, 1.82) is 0 Å². The number of amides is 1. The van der Waals surface area contributed by atoms with E-state index in [0.717, 1.165) is 29.2 Å². The molecule has 0 saturated carbocycles. The number of anilines is 1. The van der Waals surface area contributed by atoms with Crippen molar-refractivity contribution in [3.63, 3.8) is 0 Å². The van der Waals surface area contributed by atoms with Crippen molar-refractivity contribution in [2.45, 2.75) is 38.3 Å². The summed E-state index contributed by atoms with van der Waals surface area (Å²) in [5.41, 5.74) is 1.35. The van der Waals surface area contributed by atoms with Crippen LogP contribution in [0.15, 0.2) is 24.3 Å². The molecule has 116 valence electrons. The molecule has 0 aromatic heterocycles. The zero-order valence-corrected chi connectivity index (χ0v) is 13.5. The predicted octanol–water partition coefficient (Wildman–Crippen LogP) is 2.17. The van der Waals surface area contributed by atoms with E-state index in [1.165, 1.54) is 0 Å². The number of aliphatic hydroxyl groups is 1. The quantitative estimate of drug-likeness (QED) is 0.754. The van der Waals surface area contributed by atoms with Crippen LogP contribution in [-0.4, -0.2) is 40.7 Å². The molecule has 1 amide bonds. The minimum atomic E-state index is -0.605. The fourth-order valence-electron chi connectivity index (χ4n) is 2.39. The Morgan fingerprint density at radius 1 is 1.52 bits per heavy atom. The van der Waals surface area contributed by atoms with Crippen LogP contribution >= 0.6 is 11.8 Å². The predicted molar refractivity (Wildman–Crippen MR) is 88.8 cm³/mol. The van der Waals surface area contributed by atoms with Gasteiger partial charge in [0.2, 0.25) is 5.91 Å². The van der Waals surface area contributed by atoms with Gasteiger partial charge in [-0.25, -0.2) is 0 Å². The number of carbonyl (C=O) groups excluding carboxylic acids is 1. The van der Waals surface area contributed by atoms with E-state index in [0.29, 0.717) is 13.0 Å². The number of hydrogen-bond acceptors (Lipinski definition) is 4. The first-order valence-corrected chi connectivity index (χ1v) is 8.52. The molecule has 2 atom stereocenters. The van der Waals surface area contributed by atoms with E-state index in [9.17, 15) is 9.90 Å². The molecule has 0 radical (unpaired) electrons. The van der Waals surface area contributed by atoms with Crippen LogP contribution in [0.3, 0.4) is 0 Å². The van der Waals surface area contributed by atoms with Gasteiger partial charge in [0.25, 0.3) is 0 Å². The number of rotatable bonds is 6. The molecule has 1 saturated heterocycles. The minimum absolute atomic E-state index is 0.00612. The van der Waals surface area contributed by atoms with Crippen molar-refractivity contribution in [2.75, 3.05) is 23.4 Å². The lowest BCUT2D eigenvalue weighted by atomic mass is 10.0. The Kier molecular flexibility index (Phi) is 5.67. The zero-order chi connectivity index (χ0) is 15.3. The number of aryl methyl sites for hydroxylation is 1.